The zero-order valence-corrected chi connectivity index (χ0v) is 22.4. The molecule has 202 valence electrons. The van der Waals surface area contributed by atoms with Gasteiger partial charge in [0.05, 0.1) is 23.6 Å². The van der Waals surface area contributed by atoms with Crippen molar-refractivity contribution in [2.24, 2.45) is 7.05 Å². The second-order valence-electron chi connectivity index (χ2n) is 7.60. The van der Waals surface area contributed by atoms with Crippen molar-refractivity contribution < 1.29 is 32.6 Å². The molecule has 1 fully saturated rings. The summed E-state index contributed by atoms with van der Waals surface area (Å²) >= 11 is 3.21. The molecule has 0 bridgehead atoms. The van der Waals surface area contributed by atoms with Crippen LogP contribution in [0.5, 0.6) is 0 Å². The maximum Gasteiger partial charge on any atom is 0.512 e. The Morgan fingerprint density at radius 1 is 1.47 bits per heavy atom. The van der Waals surface area contributed by atoms with Gasteiger partial charge in [-0.3, -0.25) is 14.5 Å². The largest absolute Gasteiger partial charge is 0.512 e. The van der Waals surface area contributed by atoms with E-state index in [0.717, 1.165) is 34.9 Å². The summed E-state index contributed by atoms with van der Waals surface area (Å²) in [5.74, 6) is -2.39. The maximum atomic E-state index is 13.4. The van der Waals surface area contributed by atoms with Crippen LogP contribution in [-0.4, -0.2) is 83.8 Å². The minimum absolute atomic E-state index is 0.000143. The molecular weight excluding hydrogens is 585 g/mol. The highest BCUT2D eigenvalue weighted by molar-refractivity contribution is 8.01. The number of thiazole rings is 1. The lowest BCUT2D eigenvalue weighted by molar-refractivity contribution is -0.141. The molecule has 2 amide bonds. The number of amides is 2. The molecule has 4 heterocycles. The summed E-state index contributed by atoms with van der Waals surface area (Å²) in [6, 6.07) is -0.0399. The predicted octanol–water partition coefficient (Wildman–Crippen LogP) is -0.821. The van der Waals surface area contributed by atoms with Crippen LogP contribution < -0.4 is 15.8 Å². The number of nitrogen functional groups attached to an aromatic ring is 1. The summed E-state index contributed by atoms with van der Waals surface area (Å²) in [5.41, 5.74) is 5.87. The lowest BCUT2D eigenvalue weighted by Gasteiger charge is -2.46. The van der Waals surface area contributed by atoms with Crippen LogP contribution in [0.4, 0.5) is 9.93 Å². The van der Waals surface area contributed by atoms with Crippen LogP contribution in [0.2, 0.25) is 0 Å². The van der Waals surface area contributed by atoms with Gasteiger partial charge in [-0.05, 0) is 10.4 Å². The number of aryl methyl sites for hydroxylation is 1. The monoisotopic (exact) mass is 602 g/mol. The Morgan fingerprint density at radius 2 is 2.24 bits per heavy atom. The maximum absolute atomic E-state index is 13.4. The van der Waals surface area contributed by atoms with Crippen LogP contribution >= 0.6 is 34.9 Å². The van der Waals surface area contributed by atoms with Crippen molar-refractivity contribution in [3.8, 4) is 6.07 Å². The topological polar surface area (TPSA) is 248 Å². The van der Waals surface area contributed by atoms with E-state index in [1.807, 2.05) is 0 Å². The van der Waals surface area contributed by atoms with Gasteiger partial charge in [-0.25, -0.2) is 22.9 Å². The number of nitriles is 1. The van der Waals surface area contributed by atoms with E-state index in [2.05, 4.69) is 30.5 Å². The number of nitrogens with two attached hydrogens (primary N) is 1. The molecule has 2 aromatic rings. The van der Waals surface area contributed by atoms with E-state index >= 15 is 0 Å². The number of carbonyl (C=O) groups excluding carboxylic acids is 2. The van der Waals surface area contributed by atoms with Crippen molar-refractivity contribution in [1.29, 1.82) is 5.26 Å². The Balaban J connectivity index is 1.67. The van der Waals surface area contributed by atoms with E-state index in [1.165, 1.54) is 21.0 Å². The van der Waals surface area contributed by atoms with E-state index in [0.29, 0.717) is 5.16 Å². The fourth-order valence-electron chi connectivity index (χ4n) is 3.39. The third-order valence-corrected chi connectivity index (χ3v) is 9.28. The average Bonchev–Trinajstić information content (AvgIpc) is 3.43. The first-order chi connectivity index (χ1) is 18.0. The van der Waals surface area contributed by atoms with E-state index in [1.54, 1.807) is 7.05 Å². The van der Waals surface area contributed by atoms with Gasteiger partial charge in [-0.1, -0.05) is 11.8 Å². The van der Waals surface area contributed by atoms with Crippen LogP contribution in [-0.2, 0) is 31.4 Å². The van der Waals surface area contributed by atoms with E-state index in [4.69, 9.17) is 15.7 Å². The molecule has 0 aromatic carbocycles. The number of fused-ring (bicyclic) bond motifs is 1. The van der Waals surface area contributed by atoms with Crippen molar-refractivity contribution in [3.05, 3.63) is 22.5 Å². The average molecular weight is 603 g/mol. The Hall–Kier alpha value is -3.45. The standard InChI is InChI=1S/C17H18N10O7S4/c1-26-16(22-24-25-26)36-5-7-13(37-10-4-9(28)27(10)14(7)34-17(30)31)21-12(29)11(8-6-35-15(19)20-8)23-38(32,33)3-2-18/h6,10-11,13,23H,3-5H2,1H3,(H2,19,20)(H,21,29)(H,30,31)/t10-,11?,13?/m0/s1. The first-order valence-corrected chi connectivity index (χ1v) is 14.8. The van der Waals surface area contributed by atoms with E-state index in [-0.39, 0.29) is 40.4 Å². The molecule has 0 saturated carbocycles. The number of tetrazole rings is 1. The lowest BCUT2D eigenvalue weighted by Crippen LogP contribution is -2.57. The van der Waals surface area contributed by atoms with Gasteiger partial charge in [0.1, 0.15) is 11.4 Å². The molecule has 5 N–H and O–H groups in total. The van der Waals surface area contributed by atoms with Crippen LogP contribution in [0.3, 0.4) is 0 Å². The van der Waals surface area contributed by atoms with Gasteiger partial charge in [0.25, 0.3) is 0 Å². The molecule has 4 rings (SSSR count). The second kappa shape index (κ2) is 11.1. The first kappa shape index (κ1) is 27.6. The van der Waals surface area contributed by atoms with Crippen LogP contribution in [0.15, 0.2) is 22.0 Å². The number of β-lactam (4-membered cyclic amide) rings is 1. The number of hydrogen-bond acceptors (Lipinski definition) is 15. The van der Waals surface area contributed by atoms with Gasteiger partial charge in [0.2, 0.25) is 32.9 Å². The molecular formula is C17H18N10O7S4. The molecule has 0 spiro atoms. The molecule has 2 aliphatic heterocycles. The number of rotatable bonds is 10. The SMILES string of the molecule is Cn1nnnc1SCC1=C(OC(=O)O)N2C(=O)C[C@@H]2SC1NC(=O)C(NS(=O)(=O)CC#N)c1csc(N)n1. The van der Waals surface area contributed by atoms with Crippen LogP contribution in [0.1, 0.15) is 18.2 Å². The number of ether oxygens (including phenoxy) is 1. The highest BCUT2D eigenvalue weighted by Crippen LogP contribution is 2.44. The molecule has 2 aliphatic rings. The number of hydrogen-bond donors (Lipinski definition) is 4. The molecule has 3 atom stereocenters. The smallest absolute Gasteiger partial charge is 0.449 e. The third kappa shape index (κ3) is 5.99. The fourth-order valence-corrected chi connectivity index (χ4v) is 7.24. The van der Waals surface area contributed by atoms with Gasteiger partial charge in [0, 0.05) is 23.8 Å². The van der Waals surface area contributed by atoms with E-state index < -0.39 is 44.6 Å². The van der Waals surface area contributed by atoms with E-state index in [9.17, 15) is 27.9 Å². The summed E-state index contributed by atoms with van der Waals surface area (Å²) in [6.45, 7) is 0. The number of aromatic nitrogens is 5. The first-order valence-electron chi connectivity index (χ1n) is 10.3. The molecule has 1 saturated heterocycles. The molecule has 0 aliphatic carbocycles. The van der Waals surface area contributed by atoms with Crippen molar-refractivity contribution in [2.45, 2.75) is 28.4 Å². The Morgan fingerprint density at radius 3 is 2.82 bits per heavy atom. The molecule has 21 heteroatoms. The molecule has 17 nitrogen and oxygen atoms in total. The highest BCUT2D eigenvalue weighted by atomic mass is 32.2. The minimum Gasteiger partial charge on any atom is -0.449 e. The van der Waals surface area contributed by atoms with Gasteiger partial charge < -0.3 is 20.9 Å². The van der Waals surface area contributed by atoms with Gasteiger partial charge in [-0.2, -0.15) is 9.98 Å². The Labute approximate surface area is 226 Å². The molecule has 38 heavy (non-hydrogen) atoms. The molecule has 0 radical (unpaired) electrons. The fraction of sp³-hybridized carbons (Fsp3) is 0.412. The van der Waals surface area contributed by atoms with Crippen LogP contribution in [0.25, 0.3) is 0 Å². The zero-order chi connectivity index (χ0) is 27.6. The number of anilines is 1. The number of carbonyl (C=O) groups is 3. The summed E-state index contributed by atoms with van der Waals surface area (Å²) < 4.78 is 33.1. The number of nitrogens with zero attached hydrogens (tertiary/aromatic N) is 7. The molecule has 2 aromatic heterocycles. The number of thioether (sulfide) groups is 2. The minimum atomic E-state index is -4.21. The van der Waals surface area contributed by atoms with Gasteiger partial charge in [0.15, 0.2) is 10.9 Å². The van der Waals surface area contributed by atoms with Gasteiger partial charge in [-0.15, -0.1) is 28.2 Å². The highest BCUT2D eigenvalue weighted by Gasteiger charge is 2.49. The van der Waals surface area contributed by atoms with Crippen molar-refractivity contribution in [1.82, 2.24) is 40.1 Å². The van der Waals surface area contributed by atoms with Crippen LogP contribution in [0, 0.1) is 11.3 Å². The van der Waals surface area contributed by atoms with Crippen molar-refractivity contribution >= 4 is 68.0 Å². The summed E-state index contributed by atoms with van der Waals surface area (Å²) in [4.78, 5) is 42.4. The molecule has 2 unspecified atom stereocenters. The van der Waals surface area contributed by atoms with Crippen molar-refractivity contribution in [2.75, 3.05) is 17.2 Å². The zero-order valence-electron chi connectivity index (χ0n) is 19.2. The number of sulfonamides is 1. The van der Waals surface area contributed by atoms with Gasteiger partial charge >= 0.3 is 6.16 Å². The summed E-state index contributed by atoms with van der Waals surface area (Å²) in [7, 11) is -2.62. The Bertz CT molecular complexity index is 1450. The normalized spacial score (nSPS) is 19.8. The lowest BCUT2D eigenvalue weighted by atomic mass is 10.1. The summed E-state index contributed by atoms with van der Waals surface area (Å²) in [6.07, 6.45) is -1.60. The Kier molecular flexibility index (Phi) is 8.07. The summed E-state index contributed by atoms with van der Waals surface area (Å²) in [5, 5.41) is 32.3. The third-order valence-electron chi connectivity index (χ3n) is 5.05. The second-order valence-corrected chi connectivity index (χ2v) is 12.5. The predicted molar refractivity (Wildman–Crippen MR) is 132 cm³/mol. The number of carboxylic acid groups (broad SMARTS) is 1. The quantitative estimate of drug-likeness (QED) is 0.147. The number of nitrogens with one attached hydrogen (secondary N) is 2. The van der Waals surface area contributed by atoms with Crippen molar-refractivity contribution in [3.63, 3.8) is 0 Å².